The highest BCUT2D eigenvalue weighted by molar-refractivity contribution is 9.10. The zero-order valence-corrected chi connectivity index (χ0v) is 50.4. The van der Waals surface area contributed by atoms with Gasteiger partial charge in [-0.3, -0.25) is 0 Å². The average molecular weight is 1150 g/mol. The normalized spacial score (nSPS) is 11.9. The quantitative estimate of drug-likeness (QED) is 0.0344. The summed E-state index contributed by atoms with van der Waals surface area (Å²) >= 11 is 7.61. The van der Waals surface area contributed by atoms with Crippen molar-refractivity contribution in [1.82, 2.24) is 9.13 Å². The van der Waals surface area contributed by atoms with Crippen molar-refractivity contribution in [2.24, 2.45) is 0 Å². The lowest BCUT2D eigenvalue weighted by Gasteiger charge is -2.11. The number of nitrogens with zero attached hydrogens (tertiary/aromatic N) is 2. The highest BCUT2D eigenvalue weighted by Crippen LogP contribution is 2.38. The molecule has 0 saturated carbocycles. The van der Waals surface area contributed by atoms with E-state index in [4.69, 9.17) is 0 Å². The van der Waals surface area contributed by atoms with Gasteiger partial charge in [0.2, 0.25) is 0 Å². The van der Waals surface area contributed by atoms with Gasteiger partial charge in [-0.1, -0.05) is 275 Å². The van der Waals surface area contributed by atoms with E-state index in [9.17, 15) is 0 Å². The molecular formula is C72H94Br2N2. The topological polar surface area (TPSA) is 9.86 Å². The Morgan fingerprint density at radius 3 is 0.803 bits per heavy atom. The van der Waals surface area contributed by atoms with Gasteiger partial charge in [0.25, 0.3) is 0 Å². The van der Waals surface area contributed by atoms with Crippen LogP contribution in [0.4, 0.5) is 0 Å². The van der Waals surface area contributed by atoms with Crippen LogP contribution >= 0.6 is 31.9 Å². The van der Waals surface area contributed by atoms with Crippen LogP contribution in [-0.2, 0) is 12.8 Å². The summed E-state index contributed by atoms with van der Waals surface area (Å²) < 4.78 is 7.16. The molecule has 0 radical (unpaired) electrons. The van der Waals surface area contributed by atoms with Crippen LogP contribution in [0.25, 0.3) is 66.1 Å². The van der Waals surface area contributed by atoms with Gasteiger partial charge in [0, 0.05) is 41.9 Å². The van der Waals surface area contributed by atoms with Crippen LogP contribution in [0.2, 0.25) is 0 Å². The predicted octanol–water partition coefficient (Wildman–Crippen LogP) is 24.7. The Morgan fingerprint density at radius 1 is 0.263 bits per heavy atom. The molecule has 76 heavy (non-hydrogen) atoms. The van der Waals surface area contributed by atoms with Crippen LogP contribution in [0.1, 0.15) is 230 Å². The molecule has 2 aromatic heterocycles. The molecular weight excluding hydrogens is 1050 g/mol. The van der Waals surface area contributed by atoms with Crippen molar-refractivity contribution in [2.45, 2.75) is 232 Å². The molecule has 0 amide bonds. The Kier molecular flexibility index (Phi) is 24.5. The van der Waals surface area contributed by atoms with Crippen molar-refractivity contribution < 1.29 is 0 Å². The van der Waals surface area contributed by atoms with Gasteiger partial charge in [-0.05, 0) is 133 Å². The zero-order valence-electron chi connectivity index (χ0n) is 47.2. The van der Waals surface area contributed by atoms with Crippen LogP contribution < -0.4 is 0 Å². The van der Waals surface area contributed by atoms with E-state index in [1.807, 2.05) is 0 Å². The zero-order chi connectivity index (χ0) is 52.6. The van der Waals surface area contributed by atoms with E-state index in [1.54, 1.807) is 0 Å². The molecule has 2 nitrogen and oxygen atoms in total. The minimum absolute atomic E-state index is 1.13. The van der Waals surface area contributed by atoms with E-state index in [0.29, 0.717) is 0 Å². The first-order valence-corrected chi connectivity index (χ1v) is 32.8. The predicted molar refractivity (Wildman–Crippen MR) is 342 cm³/mol. The molecule has 0 aliphatic heterocycles. The summed E-state index contributed by atoms with van der Waals surface area (Å²) in [6.45, 7) is 4.61. The van der Waals surface area contributed by atoms with Crippen LogP contribution in [0.15, 0.2) is 130 Å². The molecule has 0 fully saturated rings. The van der Waals surface area contributed by atoms with Gasteiger partial charge >= 0.3 is 0 Å². The first-order chi connectivity index (χ1) is 37.5. The summed E-state index contributed by atoms with van der Waals surface area (Å²) in [7, 11) is 0. The molecule has 8 aromatic rings. The fraction of sp³-hybridized carbons (Fsp3) is 0.500. The Bertz CT molecular complexity index is 2730. The fourth-order valence-electron chi connectivity index (χ4n) is 12.3. The Morgan fingerprint density at radius 2 is 0.513 bits per heavy atom. The summed E-state index contributed by atoms with van der Waals surface area (Å²) in [6, 6.07) is 46.4. The summed E-state index contributed by atoms with van der Waals surface area (Å²) in [5, 5.41) is 5.30. The third-order valence-corrected chi connectivity index (χ3v) is 17.8. The summed E-state index contributed by atoms with van der Waals surface area (Å²) in [5.74, 6) is 0. The van der Waals surface area contributed by atoms with Crippen molar-refractivity contribution in [3.05, 3.63) is 141 Å². The number of aryl methyl sites for hydroxylation is 2. The second kappa shape index (κ2) is 32.1. The van der Waals surface area contributed by atoms with Crippen LogP contribution in [-0.4, -0.2) is 9.13 Å². The molecule has 406 valence electrons. The van der Waals surface area contributed by atoms with Gasteiger partial charge < -0.3 is 9.13 Å². The van der Waals surface area contributed by atoms with E-state index in [1.165, 1.54) is 283 Å². The Labute approximate surface area is 477 Å². The summed E-state index contributed by atoms with van der Waals surface area (Å²) in [5.41, 5.74) is 12.8. The molecule has 8 rings (SSSR count). The molecule has 0 spiro atoms. The van der Waals surface area contributed by atoms with E-state index < -0.39 is 0 Å². The summed E-state index contributed by atoms with van der Waals surface area (Å²) in [6.07, 6.45) is 47.3. The van der Waals surface area contributed by atoms with Crippen molar-refractivity contribution in [3.8, 4) is 22.5 Å². The number of fused-ring (bicyclic) bond motifs is 6. The largest absolute Gasteiger partial charge is 0.309 e. The van der Waals surface area contributed by atoms with Crippen molar-refractivity contribution >= 4 is 75.5 Å². The van der Waals surface area contributed by atoms with E-state index in [2.05, 4.69) is 176 Å². The number of rotatable bonds is 37. The number of halogens is 2. The average Bonchev–Trinajstić information content (AvgIpc) is 3.95. The molecule has 0 atom stereocenters. The standard InChI is InChI=1S/C72H94Br2N2/c1-3-5-7-9-11-13-15-17-19-21-23-25-27-29-31-33-35-57-37-49-69-65(53-57)67-55-61(73)43-51-71(67)75(69)63-45-39-59(40-46-63)60-41-47-64(48-42-60)76-70-50-38-58(54-66(70)68-56-62(74)44-52-72(68)76)36-34-32-30-28-26-24-22-20-18-16-14-12-10-8-6-4-2/h37-56H,3-36H2,1-2H3. The highest BCUT2D eigenvalue weighted by atomic mass is 79.9. The first kappa shape index (κ1) is 58.0. The van der Waals surface area contributed by atoms with E-state index in [0.717, 1.165) is 21.8 Å². The molecule has 6 aromatic carbocycles. The number of aromatic nitrogens is 2. The fourth-order valence-corrected chi connectivity index (χ4v) is 13.0. The van der Waals surface area contributed by atoms with Gasteiger partial charge in [0.05, 0.1) is 22.1 Å². The Hall–Kier alpha value is -4.12. The molecule has 0 unspecified atom stereocenters. The molecule has 4 heteroatoms. The number of unbranched alkanes of at least 4 members (excludes halogenated alkanes) is 30. The molecule has 0 N–H and O–H groups in total. The van der Waals surface area contributed by atoms with Gasteiger partial charge in [-0.2, -0.15) is 0 Å². The molecule has 0 aliphatic rings. The third-order valence-electron chi connectivity index (χ3n) is 16.8. The first-order valence-electron chi connectivity index (χ1n) is 31.2. The number of hydrogen-bond donors (Lipinski definition) is 0. The second-order valence-corrected chi connectivity index (χ2v) is 24.7. The maximum absolute atomic E-state index is 3.81. The SMILES string of the molecule is CCCCCCCCCCCCCCCCCCc1ccc2c(c1)c1cc(Br)ccc1n2-c1ccc(-c2ccc(-n3c4ccc(Br)cc4c4cc(CCCCCCCCCCCCCCCCCC)ccc43)cc2)cc1. The van der Waals surface area contributed by atoms with Crippen molar-refractivity contribution in [2.75, 3.05) is 0 Å². The maximum Gasteiger partial charge on any atom is 0.0541 e. The van der Waals surface area contributed by atoms with Gasteiger partial charge in [0.1, 0.15) is 0 Å². The minimum atomic E-state index is 1.13. The van der Waals surface area contributed by atoms with Crippen LogP contribution in [0.3, 0.4) is 0 Å². The van der Waals surface area contributed by atoms with E-state index >= 15 is 0 Å². The van der Waals surface area contributed by atoms with Gasteiger partial charge in [-0.25, -0.2) is 0 Å². The molecule has 0 aliphatic carbocycles. The lowest BCUT2D eigenvalue weighted by molar-refractivity contribution is 0.529. The third kappa shape index (κ3) is 16.9. The van der Waals surface area contributed by atoms with Crippen molar-refractivity contribution in [3.63, 3.8) is 0 Å². The lowest BCUT2D eigenvalue weighted by Crippen LogP contribution is -1.95. The highest BCUT2D eigenvalue weighted by Gasteiger charge is 2.16. The number of benzene rings is 6. The van der Waals surface area contributed by atoms with E-state index in [-0.39, 0.29) is 0 Å². The monoisotopic (exact) mass is 1140 g/mol. The summed E-state index contributed by atoms with van der Waals surface area (Å²) in [4.78, 5) is 0. The van der Waals surface area contributed by atoms with Crippen LogP contribution in [0, 0.1) is 0 Å². The molecule has 0 bridgehead atoms. The lowest BCUT2D eigenvalue weighted by atomic mass is 10.0. The smallest absolute Gasteiger partial charge is 0.0541 e. The second-order valence-electron chi connectivity index (χ2n) is 22.9. The number of hydrogen-bond acceptors (Lipinski definition) is 0. The minimum Gasteiger partial charge on any atom is -0.309 e. The van der Waals surface area contributed by atoms with Crippen molar-refractivity contribution in [1.29, 1.82) is 0 Å². The van der Waals surface area contributed by atoms with Gasteiger partial charge in [0.15, 0.2) is 0 Å². The molecule has 2 heterocycles. The molecule has 0 saturated heterocycles. The van der Waals surface area contributed by atoms with Gasteiger partial charge in [-0.15, -0.1) is 0 Å². The van der Waals surface area contributed by atoms with Crippen LogP contribution in [0.5, 0.6) is 0 Å². The maximum atomic E-state index is 3.81. The Balaban J connectivity index is 0.825.